The predicted octanol–water partition coefficient (Wildman–Crippen LogP) is 1.93. The van der Waals surface area contributed by atoms with E-state index in [9.17, 15) is 14.1 Å². The normalized spacial score (nSPS) is 31.8. The monoisotopic (exact) mass is 439 g/mol. The first-order valence-electron chi connectivity index (χ1n) is 8.58. The van der Waals surface area contributed by atoms with Gasteiger partial charge in [-0.2, -0.15) is 0 Å². The Morgan fingerprint density at radius 2 is 2.07 bits per heavy atom. The zero-order valence-corrected chi connectivity index (χ0v) is 16.4. The van der Waals surface area contributed by atoms with Gasteiger partial charge >= 0.3 is 6.80 Å². The standard InChI is InChI=1S/C16H15FN5O5PS/c17-8-3-1-7(2-4-8)14-21-10-13(18)19-6-20-15(10)22(14)16-11(23)12-9(26-16)5-25-28(24,29)27-12/h1-4,6,9,11-12,16,23H,5H2,(H,24,29)(H2,18,19,20). The highest BCUT2D eigenvalue weighted by atomic mass is 32.7. The minimum absolute atomic E-state index is 0.0609. The molecule has 152 valence electrons. The fourth-order valence-corrected chi connectivity index (χ4v) is 5.01. The number of aromatic nitrogens is 4. The van der Waals surface area contributed by atoms with E-state index < -0.39 is 37.2 Å². The number of benzene rings is 1. The number of aliphatic hydroxyl groups excluding tert-OH is 1. The van der Waals surface area contributed by atoms with Gasteiger partial charge in [-0.1, -0.05) is 12.2 Å². The molecule has 0 saturated carbocycles. The Kier molecular flexibility index (Phi) is 4.39. The first-order chi connectivity index (χ1) is 13.8. The highest BCUT2D eigenvalue weighted by Crippen LogP contribution is 2.59. The van der Waals surface area contributed by atoms with Gasteiger partial charge in [-0.25, -0.2) is 23.9 Å². The average molecular weight is 439 g/mol. The van der Waals surface area contributed by atoms with E-state index in [0.717, 1.165) is 0 Å². The maximum absolute atomic E-state index is 13.4. The molecule has 3 N–H and O–H groups in total. The number of nitrogens with two attached hydrogens (primary N) is 1. The molecule has 0 amide bonds. The van der Waals surface area contributed by atoms with Crippen molar-refractivity contribution in [2.75, 3.05) is 12.3 Å². The summed E-state index contributed by atoms with van der Waals surface area (Å²) in [6.45, 7) is -3.65. The molecule has 0 radical (unpaired) electrons. The van der Waals surface area contributed by atoms with Gasteiger partial charge in [-0.05, 0) is 24.3 Å². The molecule has 0 spiro atoms. The lowest BCUT2D eigenvalue weighted by Gasteiger charge is -2.28. The van der Waals surface area contributed by atoms with Crippen LogP contribution < -0.4 is 5.73 Å². The lowest BCUT2D eigenvalue weighted by atomic mass is 10.1. The average Bonchev–Trinajstić information content (AvgIpc) is 3.21. The number of hydrogen-bond donors (Lipinski definition) is 3. The van der Waals surface area contributed by atoms with Crippen LogP contribution in [0.2, 0.25) is 0 Å². The molecular formula is C16H15FN5O5PS. The Balaban J connectivity index is 1.66. The van der Waals surface area contributed by atoms with Gasteiger partial charge in [0.15, 0.2) is 23.2 Å². The highest BCUT2D eigenvalue weighted by Gasteiger charge is 2.52. The number of rotatable bonds is 2. The predicted molar refractivity (Wildman–Crippen MR) is 102 cm³/mol. The van der Waals surface area contributed by atoms with E-state index >= 15 is 0 Å². The number of fused-ring (bicyclic) bond motifs is 2. The van der Waals surface area contributed by atoms with E-state index in [2.05, 4.69) is 27.2 Å². The van der Waals surface area contributed by atoms with Crippen molar-refractivity contribution in [1.82, 2.24) is 19.5 Å². The van der Waals surface area contributed by atoms with Crippen LogP contribution in [-0.4, -0.2) is 49.5 Å². The maximum atomic E-state index is 13.4. The summed E-state index contributed by atoms with van der Waals surface area (Å²) in [5.74, 6) is 0.0697. The molecule has 2 aliphatic heterocycles. The van der Waals surface area contributed by atoms with E-state index in [-0.39, 0.29) is 12.4 Å². The Morgan fingerprint density at radius 1 is 1.31 bits per heavy atom. The van der Waals surface area contributed by atoms with Gasteiger partial charge in [0.1, 0.15) is 36.3 Å². The van der Waals surface area contributed by atoms with Crippen LogP contribution in [-0.2, 0) is 18.3 Å². The van der Waals surface area contributed by atoms with Crippen LogP contribution in [0.4, 0.5) is 10.2 Å². The summed E-state index contributed by atoms with van der Waals surface area (Å²) in [7, 11) is 0. The van der Waals surface area contributed by atoms with Gasteiger partial charge in [0.2, 0.25) is 0 Å². The van der Waals surface area contributed by atoms with Crippen LogP contribution in [0.1, 0.15) is 6.23 Å². The van der Waals surface area contributed by atoms with E-state index in [1.165, 1.54) is 35.2 Å². The fourth-order valence-electron chi connectivity index (χ4n) is 3.52. The van der Waals surface area contributed by atoms with Crippen molar-refractivity contribution >= 4 is 36.0 Å². The topological polar surface area (TPSA) is 135 Å². The van der Waals surface area contributed by atoms with Crippen molar-refractivity contribution in [3.63, 3.8) is 0 Å². The van der Waals surface area contributed by atoms with E-state index in [0.29, 0.717) is 22.6 Å². The molecule has 4 heterocycles. The zero-order valence-electron chi connectivity index (χ0n) is 14.6. The lowest BCUT2D eigenvalue weighted by molar-refractivity contribution is -0.0555. The summed E-state index contributed by atoms with van der Waals surface area (Å²) >= 11 is 3.86. The second-order valence-corrected chi connectivity index (χ2v) is 9.51. The third-order valence-electron chi connectivity index (χ3n) is 4.83. The van der Waals surface area contributed by atoms with E-state index in [1.54, 1.807) is 0 Å². The number of nitrogen functional groups attached to an aromatic ring is 1. The van der Waals surface area contributed by atoms with Crippen molar-refractivity contribution in [3.05, 3.63) is 36.4 Å². The molecule has 10 nitrogen and oxygen atoms in total. The number of aliphatic hydroxyl groups is 1. The highest BCUT2D eigenvalue weighted by molar-refractivity contribution is 8.44. The van der Waals surface area contributed by atoms with Crippen LogP contribution in [0.25, 0.3) is 22.6 Å². The van der Waals surface area contributed by atoms with Crippen molar-refractivity contribution in [1.29, 1.82) is 0 Å². The number of imidazole rings is 1. The molecule has 5 unspecified atom stereocenters. The molecule has 29 heavy (non-hydrogen) atoms. The van der Waals surface area contributed by atoms with Gasteiger partial charge in [-0.15, -0.1) is 0 Å². The molecule has 5 rings (SSSR count). The second-order valence-electron chi connectivity index (χ2n) is 6.63. The van der Waals surface area contributed by atoms with Gasteiger partial charge < -0.3 is 15.6 Å². The summed E-state index contributed by atoms with van der Waals surface area (Å²) in [4.78, 5) is 12.7. The van der Waals surface area contributed by atoms with Crippen LogP contribution in [0, 0.1) is 5.82 Å². The molecule has 0 aliphatic carbocycles. The molecule has 1 aromatic carbocycles. The summed E-state index contributed by atoms with van der Waals surface area (Å²) < 4.78 is 43.3. The number of hydrogen-bond acceptors (Lipinski definition) is 9. The van der Waals surface area contributed by atoms with Crippen LogP contribution in [0.15, 0.2) is 30.6 Å². The van der Waals surface area contributed by atoms with Crippen molar-refractivity contribution in [3.8, 4) is 11.4 Å². The first kappa shape index (κ1) is 18.9. The third kappa shape index (κ3) is 3.12. The zero-order chi connectivity index (χ0) is 20.3. The first-order valence-corrected chi connectivity index (χ1v) is 11.3. The van der Waals surface area contributed by atoms with Crippen LogP contribution in [0.5, 0.6) is 0 Å². The number of nitrogens with zero attached hydrogens (tertiary/aromatic N) is 4. The van der Waals surface area contributed by atoms with Crippen molar-refractivity contribution < 1.29 is 27.8 Å². The van der Waals surface area contributed by atoms with Crippen molar-refractivity contribution in [2.24, 2.45) is 0 Å². The SMILES string of the molecule is Nc1ncnc2c1nc(-c1ccc(F)cc1)n2C1OC2COP(=O)(S)OC2C1O. The second kappa shape index (κ2) is 6.73. The number of halogens is 1. The molecule has 2 fully saturated rings. The van der Waals surface area contributed by atoms with Gasteiger partial charge in [0, 0.05) is 5.56 Å². The minimum Gasteiger partial charge on any atom is -0.386 e. The van der Waals surface area contributed by atoms with E-state index in [4.69, 9.17) is 19.5 Å². The molecule has 13 heteroatoms. The van der Waals surface area contributed by atoms with Gasteiger partial charge in [0.05, 0.1) is 6.61 Å². The van der Waals surface area contributed by atoms with E-state index in [1.807, 2.05) is 0 Å². The number of ether oxygens (including phenoxy) is 1. The van der Waals surface area contributed by atoms with Gasteiger partial charge in [-0.3, -0.25) is 13.6 Å². The Hall–Kier alpha value is -2.08. The summed E-state index contributed by atoms with van der Waals surface area (Å²) in [5.41, 5.74) is 7.11. The third-order valence-corrected chi connectivity index (χ3v) is 6.44. The number of anilines is 1. The van der Waals surface area contributed by atoms with Crippen LogP contribution >= 0.6 is 19.0 Å². The molecule has 2 aliphatic rings. The molecule has 2 aromatic heterocycles. The maximum Gasteiger partial charge on any atom is 0.386 e. The quantitative estimate of drug-likeness (QED) is 0.404. The minimum atomic E-state index is -3.59. The fraction of sp³-hybridized carbons (Fsp3) is 0.312. The summed E-state index contributed by atoms with van der Waals surface area (Å²) in [6.07, 6.45) is -2.56. The number of thiol groups is 1. The molecule has 5 atom stereocenters. The molecular weight excluding hydrogens is 424 g/mol. The summed E-state index contributed by atoms with van der Waals surface area (Å²) in [6, 6.07) is 5.64. The smallest absolute Gasteiger partial charge is 0.386 e. The molecule has 3 aromatic rings. The molecule has 0 bridgehead atoms. The largest absolute Gasteiger partial charge is 0.386 e. The van der Waals surface area contributed by atoms with Gasteiger partial charge in [0.25, 0.3) is 0 Å². The Labute approximate surface area is 168 Å². The molecule has 2 saturated heterocycles. The van der Waals surface area contributed by atoms with Crippen molar-refractivity contribution in [2.45, 2.75) is 24.5 Å². The summed E-state index contributed by atoms with van der Waals surface area (Å²) in [5, 5.41) is 10.9. The Morgan fingerprint density at radius 3 is 2.83 bits per heavy atom. The Bertz CT molecular complexity index is 1140. The lowest BCUT2D eigenvalue weighted by Crippen LogP contribution is -2.38. The van der Waals surface area contributed by atoms with Crippen LogP contribution in [0.3, 0.4) is 0 Å².